The molecule has 1 aromatic rings. The van der Waals surface area contributed by atoms with Gasteiger partial charge in [-0.2, -0.15) is 4.31 Å². The number of rotatable bonds is 9. The van der Waals surface area contributed by atoms with Crippen molar-refractivity contribution in [3.05, 3.63) is 11.6 Å². The summed E-state index contributed by atoms with van der Waals surface area (Å²) in [5.74, 6) is 0. The van der Waals surface area contributed by atoms with Crippen molar-refractivity contribution in [2.75, 3.05) is 19.8 Å². The van der Waals surface area contributed by atoms with Crippen LogP contribution >= 0.6 is 11.3 Å². The minimum absolute atomic E-state index is 0.00314. The summed E-state index contributed by atoms with van der Waals surface area (Å²) < 4.78 is 72.7. The topological polar surface area (TPSA) is 111 Å². The maximum absolute atomic E-state index is 13.3. The van der Waals surface area contributed by atoms with E-state index in [2.05, 4.69) is 4.72 Å². The molecule has 0 bridgehead atoms. The maximum atomic E-state index is 13.3. The molecule has 0 saturated carbocycles. The van der Waals surface area contributed by atoms with E-state index in [0.29, 0.717) is 30.1 Å². The monoisotopic (exact) mass is 484 g/mol. The lowest BCUT2D eigenvalue weighted by Crippen LogP contribution is -2.46. The van der Waals surface area contributed by atoms with Crippen molar-refractivity contribution in [1.29, 1.82) is 0 Å². The molecule has 1 aromatic heterocycles. The van der Waals surface area contributed by atoms with Gasteiger partial charge in [-0.1, -0.05) is 0 Å². The van der Waals surface area contributed by atoms with E-state index in [1.54, 1.807) is 41.5 Å². The molecule has 2 rings (SSSR count). The highest BCUT2D eigenvalue weighted by molar-refractivity contribution is 7.94. The van der Waals surface area contributed by atoms with Gasteiger partial charge in [0, 0.05) is 30.9 Å². The largest absolute Gasteiger partial charge is 0.363 e. The summed E-state index contributed by atoms with van der Waals surface area (Å²) >= 11 is 0.717. The third-order valence-electron chi connectivity index (χ3n) is 4.21. The summed E-state index contributed by atoms with van der Waals surface area (Å²) in [5, 5.41) is 0. The first-order chi connectivity index (χ1) is 13.7. The Balaban J connectivity index is 2.55. The van der Waals surface area contributed by atoms with Crippen LogP contribution in [-0.4, -0.2) is 59.0 Å². The molecule has 0 aliphatic carbocycles. The Morgan fingerprint density at radius 2 is 1.83 bits per heavy atom. The van der Waals surface area contributed by atoms with E-state index >= 15 is 0 Å². The quantitative estimate of drug-likeness (QED) is 0.536. The van der Waals surface area contributed by atoms with E-state index in [1.807, 2.05) is 6.92 Å². The minimum atomic E-state index is -3.95. The van der Waals surface area contributed by atoms with Gasteiger partial charge in [0.25, 0.3) is 20.0 Å². The first kappa shape index (κ1) is 25.7. The molecule has 1 N–H and O–H groups in total. The second kappa shape index (κ2) is 9.49. The van der Waals surface area contributed by atoms with Crippen molar-refractivity contribution < 1.29 is 31.0 Å². The molecule has 12 heteroatoms. The molecule has 1 aliphatic heterocycles. The van der Waals surface area contributed by atoms with Gasteiger partial charge in [0.05, 0.1) is 0 Å². The molecule has 30 heavy (non-hydrogen) atoms. The van der Waals surface area contributed by atoms with Gasteiger partial charge in [0.1, 0.15) is 20.8 Å². The fraction of sp³-hybridized carbons (Fsp3) is 0.778. The molecule has 0 radical (unpaired) electrons. The standard InChI is InChI=1S/C18H32N2O7S3/c1-8-25-12(3)20-11-15(27-13(4)26-9-2)14-10-16(28-17(14)30(20,23)24)29(21,22)19-18(5,6)7/h10,12-13,15,19H,8-9,11H2,1-7H3. The van der Waals surface area contributed by atoms with E-state index in [4.69, 9.17) is 14.2 Å². The van der Waals surface area contributed by atoms with Gasteiger partial charge in [-0.25, -0.2) is 21.6 Å². The molecular weight excluding hydrogens is 452 g/mol. The molecule has 0 fully saturated rings. The maximum Gasteiger partial charge on any atom is 0.255 e. The van der Waals surface area contributed by atoms with E-state index in [9.17, 15) is 16.8 Å². The number of hydrogen-bond acceptors (Lipinski definition) is 8. The molecule has 174 valence electrons. The highest BCUT2D eigenvalue weighted by atomic mass is 32.3. The van der Waals surface area contributed by atoms with Crippen LogP contribution in [0.4, 0.5) is 0 Å². The lowest BCUT2D eigenvalue weighted by Gasteiger charge is -2.36. The van der Waals surface area contributed by atoms with Crippen molar-refractivity contribution in [2.24, 2.45) is 0 Å². The predicted octanol–water partition coefficient (Wildman–Crippen LogP) is 2.65. The summed E-state index contributed by atoms with van der Waals surface area (Å²) in [7, 11) is -7.86. The van der Waals surface area contributed by atoms with E-state index in [0.717, 1.165) is 0 Å². The minimum Gasteiger partial charge on any atom is -0.363 e. The van der Waals surface area contributed by atoms with Gasteiger partial charge >= 0.3 is 0 Å². The molecule has 0 spiro atoms. The molecule has 0 aromatic carbocycles. The van der Waals surface area contributed by atoms with Gasteiger partial charge in [-0.3, -0.25) is 0 Å². The van der Waals surface area contributed by atoms with E-state index in [1.165, 1.54) is 10.4 Å². The number of hydrogen-bond donors (Lipinski definition) is 1. The number of ether oxygens (including phenoxy) is 3. The van der Waals surface area contributed by atoms with Crippen molar-refractivity contribution in [3.8, 4) is 0 Å². The SMILES string of the molecule is CCOC(C)OC1CN(C(C)OCC)S(=O)(=O)c2sc(S(=O)(=O)NC(C)(C)C)cc21. The van der Waals surface area contributed by atoms with Crippen molar-refractivity contribution >= 4 is 31.4 Å². The van der Waals surface area contributed by atoms with Crippen LogP contribution in [0.5, 0.6) is 0 Å². The molecule has 3 unspecified atom stereocenters. The summed E-state index contributed by atoms with van der Waals surface area (Å²) in [6, 6.07) is 1.39. The van der Waals surface area contributed by atoms with Gasteiger partial charge in [-0.15, -0.1) is 11.3 Å². The van der Waals surface area contributed by atoms with Crippen molar-refractivity contribution in [1.82, 2.24) is 9.03 Å². The summed E-state index contributed by atoms with van der Waals surface area (Å²) in [6.45, 7) is 12.9. The molecular formula is C18H32N2O7S3. The summed E-state index contributed by atoms with van der Waals surface area (Å²) in [4.78, 5) is 0. The number of sulfonamides is 2. The normalized spacial score (nSPS) is 21.9. The van der Waals surface area contributed by atoms with Crippen LogP contribution in [-0.2, 0) is 34.3 Å². The van der Waals surface area contributed by atoms with Gasteiger partial charge in [0.15, 0.2) is 6.29 Å². The van der Waals surface area contributed by atoms with Crippen LogP contribution in [0.2, 0.25) is 0 Å². The first-order valence-corrected chi connectivity index (χ1v) is 13.5. The predicted molar refractivity (Wildman–Crippen MR) is 114 cm³/mol. The second-order valence-corrected chi connectivity index (χ2v) is 13.0. The van der Waals surface area contributed by atoms with Gasteiger partial charge in [0.2, 0.25) is 0 Å². The Kier molecular flexibility index (Phi) is 8.12. The number of nitrogens with one attached hydrogen (secondary N) is 1. The smallest absolute Gasteiger partial charge is 0.255 e. The molecule has 2 heterocycles. The Morgan fingerprint density at radius 3 is 2.37 bits per heavy atom. The number of nitrogens with zero attached hydrogens (tertiary/aromatic N) is 1. The highest BCUT2D eigenvalue weighted by Crippen LogP contribution is 2.43. The molecule has 0 saturated heterocycles. The third kappa shape index (κ3) is 5.80. The van der Waals surface area contributed by atoms with E-state index in [-0.39, 0.29) is 15.0 Å². The zero-order valence-electron chi connectivity index (χ0n) is 18.5. The van der Waals surface area contributed by atoms with E-state index < -0.39 is 44.2 Å². The Morgan fingerprint density at radius 1 is 1.23 bits per heavy atom. The molecule has 0 amide bonds. The van der Waals surface area contributed by atoms with Crippen LogP contribution in [0.15, 0.2) is 14.5 Å². The van der Waals surface area contributed by atoms with Gasteiger partial charge in [-0.05, 0) is 54.5 Å². The second-order valence-electron chi connectivity index (χ2n) is 7.94. The highest BCUT2D eigenvalue weighted by Gasteiger charge is 2.44. The van der Waals surface area contributed by atoms with Crippen LogP contribution in [0.25, 0.3) is 0 Å². The van der Waals surface area contributed by atoms with Crippen LogP contribution in [0.1, 0.15) is 60.1 Å². The first-order valence-electron chi connectivity index (χ1n) is 9.81. The van der Waals surface area contributed by atoms with Crippen molar-refractivity contribution in [2.45, 2.75) is 81.0 Å². The Hall–Kier alpha value is -0.600. The zero-order chi connectivity index (χ0) is 22.9. The molecule has 9 nitrogen and oxygen atoms in total. The molecule has 1 aliphatic rings. The molecule has 3 atom stereocenters. The Bertz CT molecular complexity index is 935. The fourth-order valence-electron chi connectivity index (χ4n) is 3.13. The van der Waals surface area contributed by atoms with Crippen LogP contribution in [0.3, 0.4) is 0 Å². The lowest BCUT2D eigenvalue weighted by atomic mass is 10.1. The van der Waals surface area contributed by atoms with Crippen molar-refractivity contribution in [3.63, 3.8) is 0 Å². The Labute approximate surface area is 183 Å². The summed E-state index contributed by atoms with van der Waals surface area (Å²) in [5.41, 5.74) is -0.391. The van der Waals surface area contributed by atoms with Crippen LogP contribution in [0, 0.1) is 0 Å². The van der Waals surface area contributed by atoms with Gasteiger partial charge < -0.3 is 14.2 Å². The zero-order valence-corrected chi connectivity index (χ0v) is 20.9. The average molecular weight is 485 g/mol. The fourth-order valence-corrected chi connectivity index (χ4v) is 8.43. The lowest BCUT2D eigenvalue weighted by molar-refractivity contribution is -0.167. The third-order valence-corrected chi connectivity index (χ3v) is 10.0. The average Bonchev–Trinajstić information content (AvgIpc) is 3.03. The number of thiophene rings is 1. The summed E-state index contributed by atoms with van der Waals surface area (Å²) in [6.07, 6.45) is -2.01. The number of fused-ring (bicyclic) bond motifs is 1. The van der Waals surface area contributed by atoms with Crippen LogP contribution < -0.4 is 4.72 Å².